The number of carbonyl (C=O) groups excluding carboxylic acids is 1. The van der Waals surface area contributed by atoms with E-state index in [-0.39, 0.29) is 16.2 Å². The molecule has 0 aliphatic carbocycles. The number of methoxy groups -OCH3 is 1. The van der Waals surface area contributed by atoms with Crippen LogP contribution in [0.25, 0.3) is 0 Å². The minimum Gasteiger partial charge on any atom is -0.465 e. The fourth-order valence-electron chi connectivity index (χ4n) is 2.08. The number of fused-ring (bicyclic) bond motifs is 1. The highest BCUT2D eigenvalue weighted by Crippen LogP contribution is 2.33. The average molecular weight is 269 g/mol. The van der Waals surface area contributed by atoms with Crippen molar-refractivity contribution >= 4 is 21.5 Å². The zero-order valence-corrected chi connectivity index (χ0v) is 11.3. The highest BCUT2D eigenvalue weighted by Gasteiger charge is 2.35. The van der Waals surface area contributed by atoms with Crippen molar-refractivity contribution in [1.29, 1.82) is 0 Å². The van der Waals surface area contributed by atoms with Crippen LogP contribution in [0.15, 0.2) is 23.1 Å². The molecule has 5 nitrogen and oxygen atoms in total. The van der Waals surface area contributed by atoms with Crippen molar-refractivity contribution in [2.75, 3.05) is 18.2 Å². The maximum atomic E-state index is 12.2. The van der Waals surface area contributed by atoms with Gasteiger partial charge in [-0.3, -0.25) is 0 Å². The molecule has 98 valence electrons. The number of anilines is 1. The van der Waals surface area contributed by atoms with E-state index in [0.29, 0.717) is 5.69 Å². The Morgan fingerprint density at radius 2 is 2.06 bits per heavy atom. The number of esters is 1. The molecule has 6 heteroatoms. The van der Waals surface area contributed by atoms with Crippen LogP contribution in [-0.4, -0.2) is 32.8 Å². The van der Waals surface area contributed by atoms with Crippen molar-refractivity contribution in [2.45, 2.75) is 24.3 Å². The van der Waals surface area contributed by atoms with E-state index in [2.05, 4.69) is 10.1 Å². The number of sulfone groups is 1. The Kier molecular flexibility index (Phi) is 2.85. The van der Waals surface area contributed by atoms with Gasteiger partial charge in [0, 0.05) is 5.54 Å². The number of hydrogen-bond acceptors (Lipinski definition) is 5. The summed E-state index contributed by atoms with van der Waals surface area (Å²) < 4.78 is 28.9. The average Bonchev–Trinajstić information content (AvgIpc) is 2.25. The minimum atomic E-state index is -3.38. The maximum Gasteiger partial charge on any atom is 0.337 e. The minimum absolute atomic E-state index is 0.00236. The number of hydrogen-bond donors (Lipinski definition) is 1. The predicted octanol–water partition coefficient (Wildman–Crippen LogP) is 1.45. The van der Waals surface area contributed by atoms with Crippen LogP contribution in [0, 0.1) is 0 Å². The molecular formula is C12H15NO4S. The molecule has 2 rings (SSSR count). The van der Waals surface area contributed by atoms with Crippen molar-refractivity contribution in [3.05, 3.63) is 23.8 Å². The molecular weight excluding hydrogens is 254 g/mol. The molecule has 0 unspecified atom stereocenters. The van der Waals surface area contributed by atoms with E-state index in [0.717, 1.165) is 0 Å². The molecule has 1 aliphatic heterocycles. The molecule has 1 N–H and O–H groups in total. The lowest BCUT2D eigenvalue weighted by molar-refractivity contribution is 0.0600. The highest BCUT2D eigenvalue weighted by atomic mass is 32.2. The van der Waals surface area contributed by atoms with Crippen molar-refractivity contribution in [2.24, 2.45) is 0 Å². The predicted molar refractivity (Wildman–Crippen MR) is 67.5 cm³/mol. The Morgan fingerprint density at radius 3 is 2.67 bits per heavy atom. The van der Waals surface area contributed by atoms with Crippen molar-refractivity contribution < 1.29 is 17.9 Å². The third kappa shape index (κ3) is 2.20. The Balaban J connectivity index is 2.58. The standard InChI is InChI=1S/C12H15NO4S/c1-12(2)7-18(15,16)10-6-8(11(14)17-3)4-5-9(10)13-12/h4-6,13H,7H2,1-3H3. The van der Waals surface area contributed by atoms with Gasteiger partial charge in [-0.1, -0.05) is 0 Å². The molecule has 0 spiro atoms. The summed E-state index contributed by atoms with van der Waals surface area (Å²) >= 11 is 0. The Bertz CT molecular complexity index is 605. The second-order valence-corrected chi connectivity index (χ2v) is 6.93. The summed E-state index contributed by atoms with van der Waals surface area (Å²) in [5, 5.41) is 3.14. The van der Waals surface area contributed by atoms with Crippen LogP contribution in [0.4, 0.5) is 5.69 Å². The summed E-state index contributed by atoms with van der Waals surface area (Å²) in [6.45, 7) is 3.64. The van der Waals surface area contributed by atoms with Gasteiger partial charge in [0.2, 0.25) is 0 Å². The Morgan fingerprint density at radius 1 is 1.39 bits per heavy atom. The lowest BCUT2D eigenvalue weighted by Gasteiger charge is -2.33. The SMILES string of the molecule is COC(=O)c1ccc2c(c1)S(=O)(=O)CC(C)(C)N2. The van der Waals surface area contributed by atoms with Gasteiger partial charge in [-0.25, -0.2) is 13.2 Å². The van der Waals surface area contributed by atoms with Gasteiger partial charge in [-0.2, -0.15) is 0 Å². The molecule has 1 aromatic carbocycles. The zero-order chi connectivity index (χ0) is 13.6. The van der Waals surface area contributed by atoms with E-state index >= 15 is 0 Å². The largest absolute Gasteiger partial charge is 0.465 e. The molecule has 0 saturated heterocycles. The van der Waals surface area contributed by atoms with E-state index in [4.69, 9.17) is 0 Å². The molecule has 18 heavy (non-hydrogen) atoms. The monoisotopic (exact) mass is 269 g/mol. The van der Waals surface area contributed by atoms with Gasteiger partial charge in [0.05, 0.1) is 29.0 Å². The number of rotatable bonds is 1. The number of carbonyl (C=O) groups is 1. The Labute approximate surface area is 106 Å². The Hall–Kier alpha value is -1.56. The molecule has 0 aromatic heterocycles. The van der Waals surface area contributed by atoms with Crippen molar-refractivity contribution in [1.82, 2.24) is 0 Å². The van der Waals surface area contributed by atoms with Crippen molar-refractivity contribution in [3.63, 3.8) is 0 Å². The number of ether oxygens (including phenoxy) is 1. The summed E-state index contributed by atoms with van der Waals surface area (Å²) in [7, 11) is -2.12. The summed E-state index contributed by atoms with van der Waals surface area (Å²) in [5.41, 5.74) is 0.249. The first-order chi connectivity index (χ1) is 8.25. The molecule has 0 radical (unpaired) electrons. The van der Waals surface area contributed by atoms with Gasteiger partial charge in [-0.15, -0.1) is 0 Å². The van der Waals surface area contributed by atoms with Gasteiger partial charge >= 0.3 is 5.97 Å². The van der Waals surface area contributed by atoms with Gasteiger partial charge in [0.1, 0.15) is 0 Å². The molecule has 1 heterocycles. The van der Waals surface area contributed by atoms with E-state index < -0.39 is 21.3 Å². The molecule has 1 aliphatic rings. The van der Waals surface area contributed by atoms with E-state index in [9.17, 15) is 13.2 Å². The van der Waals surface area contributed by atoms with Crippen LogP contribution in [0.3, 0.4) is 0 Å². The lowest BCUT2D eigenvalue weighted by atomic mass is 10.1. The van der Waals surface area contributed by atoms with Gasteiger partial charge in [0.25, 0.3) is 0 Å². The molecule has 0 saturated carbocycles. The first-order valence-corrected chi connectivity index (χ1v) is 7.14. The van der Waals surface area contributed by atoms with Gasteiger partial charge in [-0.05, 0) is 32.0 Å². The fraction of sp³-hybridized carbons (Fsp3) is 0.417. The first kappa shape index (κ1) is 12.9. The maximum absolute atomic E-state index is 12.2. The quantitative estimate of drug-likeness (QED) is 0.781. The number of benzene rings is 1. The molecule has 0 fully saturated rings. The second-order valence-electron chi connectivity index (χ2n) is 4.97. The zero-order valence-electron chi connectivity index (χ0n) is 10.5. The number of nitrogens with one attached hydrogen (secondary N) is 1. The van der Waals surface area contributed by atoms with E-state index in [1.54, 1.807) is 12.1 Å². The van der Waals surface area contributed by atoms with E-state index in [1.165, 1.54) is 13.2 Å². The molecule has 0 amide bonds. The highest BCUT2D eigenvalue weighted by molar-refractivity contribution is 7.91. The first-order valence-electron chi connectivity index (χ1n) is 5.48. The van der Waals surface area contributed by atoms with Crippen LogP contribution in [0.1, 0.15) is 24.2 Å². The smallest absolute Gasteiger partial charge is 0.337 e. The van der Waals surface area contributed by atoms with Crippen molar-refractivity contribution in [3.8, 4) is 0 Å². The normalized spacial score (nSPS) is 19.5. The van der Waals surface area contributed by atoms with Crippen LogP contribution in [0.2, 0.25) is 0 Å². The summed E-state index contributed by atoms with van der Waals surface area (Å²) in [5.74, 6) is -0.546. The second kappa shape index (κ2) is 3.98. The lowest BCUT2D eigenvalue weighted by Crippen LogP contribution is -2.42. The topological polar surface area (TPSA) is 72.5 Å². The van der Waals surface area contributed by atoms with Gasteiger partial charge in [0.15, 0.2) is 9.84 Å². The summed E-state index contributed by atoms with van der Waals surface area (Å²) in [6, 6.07) is 4.51. The third-order valence-electron chi connectivity index (χ3n) is 2.76. The molecule has 1 aromatic rings. The summed E-state index contributed by atoms with van der Waals surface area (Å²) in [6.07, 6.45) is 0. The van der Waals surface area contributed by atoms with Crippen LogP contribution in [-0.2, 0) is 14.6 Å². The van der Waals surface area contributed by atoms with Crippen LogP contribution in [0.5, 0.6) is 0 Å². The molecule has 0 atom stereocenters. The third-order valence-corrected chi connectivity index (χ3v) is 4.87. The van der Waals surface area contributed by atoms with Crippen LogP contribution < -0.4 is 5.32 Å². The molecule has 0 bridgehead atoms. The van der Waals surface area contributed by atoms with Gasteiger partial charge < -0.3 is 10.1 Å². The summed E-state index contributed by atoms with van der Waals surface area (Å²) in [4.78, 5) is 11.6. The van der Waals surface area contributed by atoms with E-state index in [1.807, 2.05) is 13.8 Å². The fourth-order valence-corrected chi connectivity index (χ4v) is 4.02. The van der Waals surface area contributed by atoms with Crippen LogP contribution >= 0.6 is 0 Å².